The lowest BCUT2D eigenvalue weighted by atomic mass is 9.78. The Labute approximate surface area is 262 Å². The smallest absolute Gasteiger partial charge is 0.251 e. The Kier molecular flexibility index (Phi) is 7.89. The van der Waals surface area contributed by atoms with Gasteiger partial charge < -0.3 is 13.9 Å². The van der Waals surface area contributed by atoms with Gasteiger partial charge >= 0.3 is 0 Å². The molecule has 6 nitrogen and oxygen atoms in total. The maximum Gasteiger partial charge on any atom is 0.251 e. The minimum atomic E-state index is -0.813. The van der Waals surface area contributed by atoms with Crippen molar-refractivity contribution >= 4 is 22.5 Å². The van der Waals surface area contributed by atoms with Crippen LogP contribution in [0.2, 0.25) is 5.02 Å². The van der Waals surface area contributed by atoms with Gasteiger partial charge in [-0.1, -0.05) is 71.8 Å². The number of fused-ring (bicyclic) bond motifs is 1. The maximum absolute atomic E-state index is 13.1. The molecular formula is C37H35ClN4O2. The molecule has 7 heteroatoms. The normalized spacial score (nSPS) is 13.5. The van der Waals surface area contributed by atoms with E-state index >= 15 is 0 Å². The first kappa shape index (κ1) is 29.4. The van der Waals surface area contributed by atoms with E-state index in [1.807, 2.05) is 69.1 Å². The van der Waals surface area contributed by atoms with Crippen LogP contribution in [0.1, 0.15) is 40.9 Å². The second-order valence-corrected chi connectivity index (χ2v) is 11.8. The van der Waals surface area contributed by atoms with Crippen molar-refractivity contribution in [2.45, 2.75) is 25.4 Å². The van der Waals surface area contributed by atoms with Crippen LogP contribution in [0.5, 0.6) is 5.75 Å². The summed E-state index contributed by atoms with van der Waals surface area (Å²) in [6.45, 7) is 4.26. The molecule has 0 saturated carbocycles. The van der Waals surface area contributed by atoms with Crippen molar-refractivity contribution in [3.63, 3.8) is 0 Å². The Morgan fingerprint density at radius 2 is 1.64 bits per heavy atom. The summed E-state index contributed by atoms with van der Waals surface area (Å²) >= 11 is 6.42. The summed E-state index contributed by atoms with van der Waals surface area (Å²) in [5.74, 6) is 0.811. The first-order valence-corrected chi connectivity index (χ1v) is 14.9. The van der Waals surface area contributed by atoms with Crippen LogP contribution in [0.15, 0.2) is 114 Å². The van der Waals surface area contributed by atoms with Crippen LogP contribution >= 0.6 is 11.6 Å². The molecule has 0 aliphatic heterocycles. The molecule has 0 fully saturated rings. The van der Waals surface area contributed by atoms with Crippen molar-refractivity contribution in [3.8, 4) is 16.9 Å². The van der Waals surface area contributed by atoms with E-state index in [1.54, 1.807) is 17.7 Å². The minimum Gasteiger partial charge on any atom is -0.497 e. The molecule has 4 aromatic carbocycles. The highest BCUT2D eigenvalue weighted by Gasteiger charge is 2.40. The van der Waals surface area contributed by atoms with Crippen molar-refractivity contribution in [1.29, 1.82) is 0 Å². The van der Waals surface area contributed by atoms with Crippen molar-refractivity contribution in [2.24, 2.45) is 14.1 Å². The average Bonchev–Trinajstić information content (AvgIpc) is 3.47. The molecule has 0 aliphatic carbocycles. The summed E-state index contributed by atoms with van der Waals surface area (Å²) < 4.78 is 9.18. The molecule has 2 heterocycles. The first-order chi connectivity index (χ1) is 21.2. The van der Waals surface area contributed by atoms with Gasteiger partial charge in [0.1, 0.15) is 11.3 Å². The van der Waals surface area contributed by atoms with Crippen LogP contribution < -0.4 is 15.6 Å². The fraction of sp³-hybridized carbons (Fsp3) is 0.189. The van der Waals surface area contributed by atoms with E-state index in [9.17, 15) is 4.79 Å². The van der Waals surface area contributed by atoms with E-state index in [2.05, 4.69) is 77.2 Å². The first-order valence-electron chi connectivity index (χ1n) is 14.6. The zero-order chi connectivity index (χ0) is 31.0. The predicted molar refractivity (Wildman–Crippen MR) is 178 cm³/mol. The lowest BCUT2D eigenvalue weighted by molar-refractivity contribution is 0.396. The molecule has 0 bridgehead atoms. The van der Waals surface area contributed by atoms with Crippen LogP contribution in [0.3, 0.4) is 0 Å². The second-order valence-electron chi connectivity index (χ2n) is 11.3. The number of aryl methyl sites for hydroxylation is 3. The van der Waals surface area contributed by atoms with Gasteiger partial charge in [0.2, 0.25) is 0 Å². The molecule has 2 atom stereocenters. The molecule has 0 unspecified atom stereocenters. The van der Waals surface area contributed by atoms with Crippen molar-refractivity contribution in [3.05, 3.63) is 153 Å². The van der Waals surface area contributed by atoms with Gasteiger partial charge in [-0.15, -0.1) is 0 Å². The Morgan fingerprint density at radius 3 is 2.30 bits per heavy atom. The van der Waals surface area contributed by atoms with Crippen LogP contribution in [0.25, 0.3) is 22.0 Å². The average molecular weight is 603 g/mol. The Hall–Kier alpha value is -4.65. The number of rotatable bonds is 8. The molecule has 0 amide bonds. The third-order valence-electron chi connectivity index (χ3n) is 8.55. The number of ether oxygens (including phenoxy) is 1. The Bertz CT molecular complexity index is 2010. The molecular weight excluding hydrogens is 568 g/mol. The molecule has 6 aromatic rings. The lowest BCUT2D eigenvalue weighted by Crippen LogP contribution is -2.47. The maximum atomic E-state index is 13.1. The summed E-state index contributed by atoms with van der Waals surface area (Å²) in [6.07, 6.45) is 3.76. The molecule has 0 spiro atoms. The van der Waals surface area contributed by atoms with Gasteiger partial charge in [0.25, 0.3) is 5.56 Å². The molecule has 0 radical (unpaired) electrons. The van der Waals surface area contributed by atoms with E-state index in [-0.39, 0.29) is 11.6 Å². The number of hydrogen-bond donors (Lipinski definition) is 1. The fourth-order valence-electron chi connectivity index (χ4n) is 6.11. The van der Waals surface area contributed by atoms with Gasteiger partial charge in [-0.05, 0) is 78.1 Å². The Balaban J connectivity index is 1.66. The molecule has 6 rings (SSSR count). The van der Waals surface area contributed by atoms with E-state index in [1.165, 1.54) is 5.56 Å². The summed E-state index contributed by atoms with van der Waals surface area (Å²) in [6, 6.07) is 32.4. The zero-order valence-corrected chi connectivity index (χ0v) is 26.3. The van der Waals surface area contributed by atoms with Crippen molar-refractivity contribution in [1.82, 2.24) is 19.4 Å². The van der Waals surface area contributed by atoms with E-state index in [4.69, 9.17) is 16.3 Å². The second kappa shape index (κ2) is 11.8. The minimum absolute atomic E-state index is 0.0691. The number of imidazole rings is 1. The number of nitrogens with zero attached hydrogens (tertiary/aromatic N) is 3. The standard InChI is InChI=1S/C37H35ClN4O2/c1-24-9-13-28(14-10-24)37(35-22-39-23-41(35)3,40-25(2)26-11-16-31(44-5)17-12-26)29-15-18-34-33(20-29)32(21-36(43)42(34)4)27-7-6-8-30(38)19-27/h6-23,25,40H,1-5H3/t25-,37+/m0/s1. The highest BCUT2D eigenvalue weighted by Crippen LogP contribution is 2.41. The van der Waals surface area contributed by atoms with Crippen molar-refractivity contribution < 1.29 is 4.74 Å². The molecule has 2 aromatic heterocycles. The third kappa shape index (κ3) is 5.21. The topological polar surface area (TPSA) is 61.1 Å². The van der Waals surface area contributed by atoms with Crippen LogP contribution in [-0.4, -0.2) is 21.2 Å². The molecule has 0 aliphatic rings. The molecule has 1 N–H and O–H groups in total. The number of pyridine rings is 1. The monoisotopic (exact) mass is 602 g/mol. The van der Waals surface area contributed by atoms with E-state index in [0.717, 1.165) is 50.2 Å². The van der Waals surface area contributed by atoms with Crippen molar-refractivity contribution in [2.75, 3.05) is 7.11 Å². The van der Waals surface area contributed by atoms with Gasteiger partial charge in [0, 0.05) is 36.6 Å². The number of hydrogen-bond acceptors (Lipinski definition) is 4. The lowest BCUT2D eigenvalue weighted by Gasteiger charge is -2.39. The number of nitrogens with one attached hydrogen (secondary N) is 1. The highest BCUT2D eigenvalue weighted by atomic mass is 35.5. The SMILES string of the molecule is COc1ccc([C@H](C)N[C@](c2ccc(C)cc2)(c2ccc3c(c2)c(-c2cccc(Cl)c2)cc(=O)n3C)c2cncn2C)cc1. The van der Waals surface area contributed by atoms with Crippen LogP contribution in [0.4, 0.5) is 0 Å². The quantitative estimate of drug-likeness (QED) is 0.195. The number of aromatic nitrogens is 3. The van der Waals surface area contributed by atoms with E-state index < -0.39 is 5.54 Å². The molecule has 222 valence electrons. The summed E-state index contributed by atoms with van der Waals surface area (Å²) in [5.41, 5.74) is 7.02. The van der Waals surface area contributed by atoms with Gasteiger partial charge in [-0.2, -0.15) is 0 Å². The highest BCUT2D eigenvalue weighted by molar-refractivity contribution is 6.30. The Morgan fingerprint density at radius 1 is 0.909 bits per heavy atom. The van der Waals surface area contributed by atoms with Gasteiger partial charge in [-0.25, -0.2) is 4.98 Å². The van der Waals surface area contributed by atoms with Crippen LogP contribution in [-0.2, 0) is 19.6 Å². The van der Waals surface area contributed by atoms with E-state index in [0.29, 0.717) is 5.02 Å². The van der Waals surface area contributed by atoms with Gasteiger partial charge in [0.05, 0.1) is 30.8 Å². The summed E-state index contributed by atoms with van der Waals surface area (Å²) in [4.78, 5) is 17.7. The summed E-state index contributed by atoms with van der Waals surface area (Å²) in [7, 11) is 5.51. The zero-order valence-electron chi connectivity index (χ0n) is 25.5. The van der Waals surface area contributed by atoms with Crippen LogP contribution in [0, 0.1) is 6.92 Å². The largest absolute Gasteiger partial charge is 0.497 e. The number of halogens is 1. The van der Waals surface area contributed by atoms with Gasteiger partial charge in [-0.3, -0.25) is 10.1 Å². The molecule has 0 saturated heterocycles. The molecule has 44 heavy (non-hydrogen) atoms. The summed E-state index contributed by atoms with van der Waals surface area (Å²) in [5, 5.41) is 5.61. The number of methoxy groups -OCH3 is 1. The number of benzene rings is 4. The fourth-order valence-corrected chi connectivity index (χ4v) is 6.31. The van der Waals surface area contributed by atoms with Gasteiger partial charge in [0.15, 0.2) is 0 Å². The predicted octanol–water partition coefficient (Wildman–Crippen LogP) is 7.55. The third-order valence-corrected chi connectivity index (χ3v) is 8.78.